The van der Waals surface area contributed by atoms with E-state index in [9.17, 15) is 9.18 Å². The molecule has 116 valence electrons. The van der Waals surface area contributed by atoms with Gasteiger partial charge in [0.15, 0.2) is 0 Å². The van der Waals surface area contributed by atoms with Gasteiger partial charge in [-0.2, -0.15) is 0 Å². The van der Waals surface area contributed by atoms with Crippen LogP contribution in [0.1, 0.15) is 22.3 Å². The number of amides is 1. The van der Waals surface area contributed by atoms with Crippen molar-refractivity contribution in [3.05, 3.63) is 64.5 Å². The van der Waals surface area contributed by atoms with Crippen LogP contribution in [0.3, 0.4) is 0 Å². The maximum absolute atomic E-state index is 12.8. The Morgan fingerprint density at radius 2 is 1.68 bits per heavy atom. The highest BCUT2D eigenvalue weighted by Crippen LogP contribution is 2.27. The van der Waals surface area contributed by atoms with Crippen LogP contribution >= 0.6 is 11.8 Å². The predicted molar refractivity (Wildman–Crippen MR) is 89.6 cm³/mol. The van der Waals surface area contributed by atoms with E-state index in [1.165, 1.54) is 33.7 Å². The van der Waals surface area contributed by atoms with Crippen LogP contribution in [-0.4, -0.2) is 11.7 Å². The third-order valence-electron chi connectivity index (χ3n) is 3.36. The summed E-state index contributed by atoms with van der Waals surface area (Å²) in [6.45, 7) is 6.63. The Morgan fingerprint density at radius 3 is 2.27 bits per heavy atom. The van der Waals surface area contributed by atoms with Gasteiger partial charge in [0.05, 0.1) is 5.75 Å². The standard InChI is InChI=1S/C18H20FNOS/c1-12-8-13(2)18(14(3)9-12)22-11-17(21)20-10-15-4-6-16(19)7-5-15/h4-9H,10-11H2,1-3H3,(H,20,21). The first-order valence-corrected chi connectivity index (χ1v) is 8.16. The van der Waals surface area contributed by atoms with Gasteiger partial charge in [0.25, 0.3) is 0 Å². The normalized spacial score (nSPS) is 10.5. The molecule has 2 aromatic rings. The van der Waals surface area contributed by atoms with Crippen molar-refractivity contribution in [1.29, 1.82) is 0 Å². The van der Waals surface area contributed by atoms with Crippen LogP contribution in [0.15, 0.2) is 41.3 Å². The van der Waals surface area contributed by atoms with Gasteiger partial charge in [-0.1, -0.05) is 29.8 Å². The van der Waals surface area contributed by atoms with Crippen molar-refractivity contribution in [2.75, 3.05) is 5.75 Å². The van der Waals surface area contributed by atoms with E-state index in [1.807, 2.05) is 0 Å². The van der Waals surface area contributed by atoms with Gasteiger partial charge in [-0.15, -0.1) is 11.8 Å². The molecule has 0 saturated carbocycles. The second-order valence-corrected chi connectivity index (χ2v) is 6.41. The van der Waals surface area contributed by atoms with E-state index < -0.39 is 0 Å². The average molecular weight is 317 g/mol. The second-order valence-electron chi connectivity index (χ2n) is 5.42. The van der Waals surface area contributed by atoms with Crippen LogP contribution in [0, 0.1) is 26.6 Å². The van der Waals surface area contributed by atoms with Gasteiger partial charge in [0.1, 0.15) is 5.82 Å². The van der Waals surface area contributed by atoms with Crippen LogP contribution in [0.2, 0.25) is 0 Å². The summed E-state index contributed by atoms with van der Waals surface area (Å²) in [6, 6.07) is 10.4. The zero-order valence-electron chi connectivity index (χ0n) is 13.1. The molecular formula is C18H20FNOS. The lowest BCUT2D eigenvalue weighted by molar-refractivity contribution is -0.118. The van der Waals surface area contributed by atoms with E-state index >= 15 is 0 Å². The average Bonchev–Trinajstić information content (AvgIpc) is 2.45. The van der Waals surface area contributed by atoms with E-state index in [0.29, 0.717) is 12.3 Å². The summed E-state index contributed by atoms with van der Waals surface area (Å²) in [5.74, 6) is 0.0935. The molecule has 0 aromatic heterocycles. The fourth-order valence-electron chi connectivity index (χ4n) is 2.39. The lowest BCUT2D eigenvalue weighted by Gasteiger charge is -2.11. The Hall–Kier alpha value is -1.81. The Balaban J connectivity index is 1.87. The van der Waals surface area contributed by atoms with E-state index in [1.54, 1.807) is 23.9 Å². The van der Waals surface area contributed by atoms with Crippen LogP contribution in [0.5, 0.6) is 0 Å². The SMILES string of the molecule is Cc1cc(C)c(SCC(=O)NCc2ccc(F)cc2)c(C)c1. The maximum atomic E-state index is 12.8. The van der Waals surface area contributed by atoms with E-state index in [0.717, 1.165) is 5.56 Å². The number of hydrogen-bond donors (Lipinski definition) is 1. The van der Waals surface area contributed by atoms with Gasteiger partial charge in [-0.25, -0.2) is 4.39 Å². The summed E-state index contributed by atoms with van der Waals surface area (Å²) in [5.41, 5.74) is 4.53. The predicted octanol–water partition coefficient (Wildman–Crippen LogP) is 4.16. The Bertz CT molecular complexity index is 644. The first-order chi connectivity index (χ1) is 10.5. The molecule has 4 heteroatoms. The highest BCUT2D eigenvalue weighted by atomic mass is 32.2. The Labute approximate surface area is 135 Å². The van der Waals surface area contributed by atoms with E-state index in [2.05, 4.69) is 38.2 Å². The third-order valence-corrected chi connectivity index (χ3v) is 4.69. The molecule has 2 rings (SSSR count). The van der Waals surface area contributed by atoms with E-state index in [4.69, 9.17) is 0 Å². The van der Waals surface area contributed by atoms with Crippen LogP contribution in [0.25, 0.3) is 0 Å². The molecular weight excluding hydrogens is 297 g/mol. The fraction of sp³-hybridized carbons (Fsp3) is 0.278. The molecule has 0 aliphatic rings. The Morgan fingerprint density at radius 1 is 1.09 bits per heavy atom. The van der Waals surface area contributed by atoms with Crippen LogP contribution < -0.4 is 5.32 Å². The zero-order chi connectivity index (χ0) is 16.1. The number of hydrogen-bond acceptors (Lipinski definition) is 2. The first kappa shape index (κ1) is 16.6. The molecule has 22 heavy (non-hydrogen) atoms. The monoisotopic (exact) mass is 317 g/mol. The van der Waals surface area contributed by atoms with Gasteiger partial charge in [-0.3, -0.25) is 4.79 Å². The fourth-order valence-corrected chi connectivity index (χ4v) is 3.34. The lowest BCUT2D eigenvalue weighted by atomic mass is 10.1. The van der Waals surface area contributed by atoms with Crippen LogP contribution in [0.4, 0.5) is 4.39 Å². The number of benzene rings is 2. The number of halogens is 1. The summed E-state index contributed by atoms with van der Waals surface area (Å²) in [6.07, 6.45) is 0. The minimum atomic E-state index is -0.268. The van der Waals surface area contributed by atoms with Gasteiger partial charge >= 0.3 is 0 Å². The van der Waals surface area contributed by atoms with Crippen molar-refractivity contribution in [3.8, 4) is 0 Å². The maximum Gasteiger partial charge on any atom is 0.230 e. The van der Waals surface area contributed by atoms with E-state index in [-0.39, 0.29) is 11.7 Å². The molecule has 1 amide bonds. The molecule has 0 heterocycles. The summed E-state index contributed by atoms with van der Waals surface area (Å²) < 4.78 is 12.8. The highest BCUT2D eigenvalue weighted by molar-refractivity contribution is 8.00. The molecule has 0 spiro atoms. The molecule has 0 fully saturated rings. The molecule has 0 saturated heterocycles. The van der Waals surface area contributed by atoms with Gasteiger partial charge in [0.2, 0.25) is 5.91 Å². The molecule has 1 N–H and O–H groups in total. The third kappa shape index (κ3) is 4.60. The summed E-state index contributed by atoms with van der Waals surface area (Å²) in [7, 11) is 0. The summed E-state index contributed by atoms with van der Waals surface area (Å²) >= 11 is 1.56. The highest BCUT2D eigenvalue weighted by Gasteiger charge is 2.08. The summed E-state index contributed by atoms with van der Waals surface area (Å²) in [5, 5.41) is 2.86. The number of carbonyl (C=O) groups excluding carboxylic acids is 1. The van der Waals surface area contributed by atoms with Gasteiger partial charge in [0, 0.05) is 11.4 Å². The lowest BCUT2D eigenvalue weighted by Crippen LogP contribution is -2.24. The van der Waals surface area contributed by atoms with Crippen LogP contribution in [-0.2, 0) is 11.3 Å². The van der Waals surface area contributed by atoms with Crippen molar-refractivity contribution in [3.63, 3.8) is 0 Å². The molecule has 0 unspecified atom stereocenters. The number of nitrogens with one attached hydrogen (secondary N) is 1. The largest absolute Gasteiger partial charge is 0.351 e. The first-order valence-electron chi connectivity index (χ1n) is 7.17. The molecule has 0 atom stereocenters. The van der Waals surface area contributed by atoms with Gasteiger partial charge in [-0.05, 0) is 49.6 Å². The van der Waals surface area contributed by atoms with Crippen molar-refractivity contribution in [1.82, 2.24) is 5.32 Å². The molecule has 0 bridgehead atoms. The minimum absolute atomic E-state index is 0.0197. The molecule has 2 aromatic carbocycles. The number of rotatable bonds is 5. The Kier molecular flexibility index (Phi) is 5.61. The molecule has 0 aliphatic carbocycles. The van der Waals surface area contributed by atoms with Crippen molar-refractivity contribution >= 4 is 17.7 Å². The molecule has 0 aliphatic heterocycles. The zero-order valence-corrected chi connectivity index (χ0v) is 13.9. The van der Waals surface area contributed by atoms with Crippen molar-refractivity contribution < 1.29 is 9.18 Å². The topological polar surface area (TPSA) is 29.1 Å². The number of aryl methyl sites for hydroxylation is 3. The van der Waals surface area contributed by atoms with Gasteiger partial charge < -0.3 is 5.32 Å². The quantitative estimate of drug-likeness (QED) is 0.839. The summed E-state index contributed by atoms with van der Waals surface area (Å²) in [4.78, 5) is 13.1. The molecule has 2 nitrogen and oxygen atoms in total. The molecule has 0 radical (unpaired) electrons. The number of thioether (sulfide) groups is 1. The smallest absolute Gasteiger partial charge is 0.230 e. The minimum Gasteiger partial charge on any atom is -0.351 e. The van der Waals surface area contributed by atoms with Crippen molar-refractivity contribution in [2.45, 2.75) is 32.2 Å². The van der Waals surface area contributed by atoms with Crippen molar-refractivity contribution in [2.24, 2.45) is 0 Å². The number of carbonyl (C=O) groups is 1. The second kappa shape index (κ2) is 7.45.